The lowest BCUT2D eigenvalue weighted by atomic mass is 10.2. The fourth-order valence-corrected chi connectivity index (χ4v) is 2.59. The van der Waals surface area contributed by atoms with Gasteiger partial charge in [-0.3, -0.25) is 4.79 Å². The molecule has 0 fully saturated rings. The summed E-state index contributed by atoms with van der Waals surface area (Å²) in [4.78, 5) is 12.2. The van der Waals surface area contributed by atoms with Gasteiger partial charge in [-0.05, 0) is 42.8 Å². The number of nitrogens with one attached hydrogen (secondary N) is 1. The Labute approximate surface area is 130 Å². The van der Waals surface area contributed by atoms with Crippen LogP contribution in [0.5, 0.6) is 0 Å². The molecule has 0 bridgehead atoms. The predicted octanol–water partition coefficient (Wildman–Crippen LogP) is 4.74. The molecule has 0 spiro atoms. The van der Waals surface area contributed by atoms with Crippen LogP contribution in [0, 0.1) is 6.92 Å². The van der Waals surface area contributed by atoms with E-state index in [1.807, 2.05) is 25.1 Å². The number of aryl methyl sites for hydroxylation is 1. The lowest BCUT2D eigenvalue weighted by molar-refractivity contribution is -0.137. The third-order valence-electron chi connectivity index (χ3n) is 2.83. The monoisotopic (exact) mass is 325 g/mol. The van der Waals surface area contributed by atoms with Gasteiger partial charge in [0.25, 0.3) is 0 Å². The number of carbonyl (C=O) groups excluding carboxylic acids is 1. The smallest absolute Gasteiger partial charge is 0.325 e. The van der Waals surface area contributed by atoms with Gasteiger partial charge < -0.3 is 5.32 Å². The summed E-state index contributed by atoms with van der Waals surface area (Å²) in [6, 6.07) is 12.3. The van der Waals surface area contributed by atoms with Gasteiger partial charge in [-0.2, -0.15) is 13.2 Å². The van der Waals surface area contributed by atoms with Gasteiger partial charge in [-0.25, -0.2) is 0 Å². The molecule has 0 aliphatic heterocycles. The van der Waals surface area contributed by atoms with Crippen molar-refractivity contribution in [2.45, 2.75) is 18.0 Å². The number of anilines is 1. The van der Waals surface area contributed by atoms with Crippen molar-refractivity contribution in [1.82, 2.24) is 0 Å². The van der Waals surface area contributed by atoms with Gasteiger partial charge in [0.05, 0.1) is 11.3 Å². The summed E-state index contributed by atoms with van der Waals surface area (Å²) in [5.74, 6) is -0.206. The van der Waals surface area contributed by atoms with Crippen LogP contribution >= 0.6 is 11.8 Å². The first-order valence-corrected chi connectivity index (χ1v) is 7.50. The Balaban J connectivity index is 1.94. The molecule has 1 N–H and O–H groups in total. The average Bonchev–Trinajstić information content (AvgIpc) is 2.45. The summed E-state index contributed by atoms with van der Waals surface area (Å²) in [5.41, 5.74) is 0.981. The van der Waals surface area contributed by atoms with Crippen LogP contribution < -0.4 is 5.32 Å². The van der Waals surface area contributed by atoms with E-state index in [1.165, 1.54) is 6.07 Å². The highest BCUT2D eigenvalue weighted by Crippen LogP contribution is 2.31. The number of benzene rings is 2. The Kier molecular flexibility index (Phi) is 5.13. The number of hydrogen-bond acceptors (Lipinski definition) is 2. The Morgan fingerprint density at radius 2 is 1.86 bits per heavy atom. The lowest BCUT2D eigenvalue weighted by Gasteiger charge is -2.09. The summed E-state index contributed by atoms with van der Waals surface area (Å²) >= 11 is 1.07. The largest absolute Gasteiger partial charge is 0.416 e. The molecule has 22 heavy (non-hydrogen) atoms. The van der Waals surface area contributed by atoms with E-state index in [2.05, 4.69) is 5.32 Å². The third-order valence-corrected chi connectivity index (χ3v) is 3.83. The maximum atomic E-state index is 12.6. The lowest BCUT2D eigenvalue weighted by Crippen LogP contribution is -2.14. The first-order valence-electron chi connectivity index (χ1n) is 6.51. The summed E-state index contributed by atoms with van der Waals surface area (Å²) in [6.07, 6.45) is -4.37. The van der Waals surface area contributed by atoms with Gasteiger partial charge >= 0.3 is 6.18 Å². The summed E-state index contributed by atoms with van der Waals surface area (Å²) in [7, 11) is 0. The van der Waals surface area contributed by atoms with Crippen molar-refractivity contribution in [3.05, 3.63) is 59.7 Å². The SMILES string of the molecule is Cc1cccc(NC(=O)CSc2cccc(C(F)(F)F)c2)c1. The van der Waals surface area contributed by atoms with E-state index in [0.717, 1.165) is 29.5 Å². The highest BCUT2D eigenvalue weighted by atomic mass is 32.2. The quantitative estimate of drug-likeness (QED) is 0.822. The van der Waals surface area contributed by atoms with E-state index in [9.17, 15) is 18.0 Å². The molecule has 0 unspecified atom stereocenters. The minimum Gasteiger partial charge on any atom is -0.325 e. The van der Waals surface area contributed by atoms with E-state index >= 15 is 0 Å². The van der Waals surface area contributed by atoms with Crippen LogP contribution in [0.4, 0.5) is 18.9 Å². The van der Waals surface area contributed by atoms with Crippen molar-refractivity contribution in [1.29, 1.82) is 0 Å². The van der Waals surface area contributed by atoms with Crippen molar-refractivity contribution >= 4 is 23.4 Å². The van der Waals surface area contributed by atoms with Crippen molar-refractivity contribution in [2.75, 3.05) is 11.1 Å². The fraction of sp³-hybridized carbons (Fsp3) is 0.188. The summed E-state index contributed by atoms with van der Waals surface area (Å²) in [6.45, 7) is 1.91. The van der Waals surface area contributed by atoms with Crippen LogP contribution in [0.3, 0.4) is 0 Å². The molecule has 116 valence electrons. The zero-order valence-electron chi connectivity index (χ0n) is 11.8. The second-order valence-corrected chi connectivity index (χ2v) is 5.78. The number of alkyl halides is 3. The Morgan fingerprint density at radius 3 is 2.55 bits per heavy atom. The van der Waals surface area contributed by atoms with Crippen LogP contribution in [0.1, 0.15) is 11.1 Å². The molecule has 2 rings (SSSR count). The molecule has 0 saturated carbocycles. The normalized spacial score (nSPS) is 11.3. The van der Waals surface area contributed by atoms with Gasteiger partial charge in [0.2, 0.25) is 5.91 Å². The van der Waals surface area contributed by atoms with Crippen LogP contribution in [0.25, 0.3) is 0 Å². The maximum Gasteiger partial charge on any atom is 0.416 e. The third kappa shape index (κ3) is 4.80. The molecule has 6 heteroatoms. The van der Waals surface area contributed by atoms with Crippen molar-refractivity contribution < 1.29 is 18.0 Å². The fourth-order valence-electron chi connectivity index (χ4n) is 1.83. The second kappa shape index (κ2) is 6.87. The first-order chi connectivity index (χ1) is 10.3. The minimum atomic E-state index is -4.37. The Bertz CT molecular complexity index is 670. The van der Waals surface area contributed by atoms with Gasteiger partial charge in [-0.15, -0.1) is 11.8 Å². The van der Waals surface area contributed by atoms with Gasteiger partial charge in [0.1, 0.15) is 0 Å². The van der Waals surface area contributed by atoms with Crippen LogP contribution in [-0.4, -0.2) is 11.7 Å². The molecule has 0 radical (unpaired) electrons. The number of carbonyl (C=O) groups is 1. The van der Waals surface area contributed by atoms with Crippen LogP contribution in [0.2, 0.25) is 0 Å². The summed E-state index contributed by atoms with van der Waals surface area (Å²) in [5, 5.41) is 2.72. The van der Waals surface area contributed by atoms with Crippen LogP contribution in [-0.2, 0) is 11.0 Å². The highest BCUT2D eigenvalue weighted by Gasteiger charge is 2.30. The topological polar surface area (TPSA) is 29.1 Å². The molecule has 0 atom stereocenters. The molecule has 0 aliphatic rings. The van der Waals surface area contributed by atoms with Gasteiger partial charge in [0, 0.05) is 10.6 Å². The molecular formula is C16H14F3NOS. The number of rotatable bonds is 4. The van der Waals surface area contributed by atoms with Gasteiger partial charge in [0.15, 0.2) is 0 Å². The molecular weight excluding hydrogens is 311 g/mol. The van der Waals surface area contributed by atoms with Crippen molar-refractivity contribution in [2.24, 2.45) is 0 Å². The standard InChI is InChI=1S/C16H14F3NOS/c1-11-4-2-6-13(8-11)20-15(21)10-22-14-7-3-5-12(9-14)16(17,18)19/h2-9H,10H2,1H3,(H,20,21). The van der Waals surface area contributed by atoms with E-state index in [0.29, 0.717) is 10.6 Å². The molecule has 1 amide bonds. The van der Waals surface area contributed by atoms with E-state index in [1.54, 1.807) is 12.1 Å². The molecule has 0 aliphatic carbocycles. The predicted molar refractivity (Wildman–Crippen MR) is 82.0 cm³/mol. The molecule has 0 saturated heterocycles. The number of halogens is 3. The molecule has 2 aromatic rings. The van der Waals surface area contributed by atoms with E-state index < -0.39 is 11.7 Å². The Hall–Kier alpha value is -1.95. The van der Waals surface area contributed by atoms with Crippen LogP contribution in [0.15, 0.2) is 53.4 Å². The first kappa shape index (κ1) is 16.4. The molecule has 2 aromatic carbocycles. The molecule has 2 nitrogen and oxygen atoms in total. The number of hydrogen-bond donors (Lipinski definition) is 1. The highest BCUT2D eigenvalue weighted by molar-refractivity contribution is 8.00. The minimum absolute atomic E-state index is 0.0508. The number of amides is 1. The zero-order valence-corrected chi connectivity index (χ0v) is 12.6. The van der Waals surface area contributed by atoms with E-state index in [-0.39, 0.29) is 11.7 Å². The van der Waals surface area contributed by atoms with Crippen molar-refractivity contribution in [3.63, 3.8) is 0 Å². The summed E-state index contributed by atoms with van der Waals surface area (Å²) < 4.78 is 37.8. The average molecular weight is 325 g/mol. The Morgan fingerprint density at radius 1 is 1.14 bits per heavy atom. The van der Waals surface area contributed by atoms with Gasteiger partial charge in [-0.1, -0.05) is 18.2 Å². The maximum absolute atomic E-state index is 12.6. The molecule has 0 heterocycles. The molecule has 0 aromatic heterocycles. The zero-order chi connectivity index (χ0) is 16.2. The number of thioether (sulfide) groups is 1. The van der Waals surface area contributed by atoms with E-state index in [4.69, 9.17) is 0 Å². The second-order valence-electron chi connectivity index (χ2n) is 4.73. The van der Waals surface area contributed by atoms with Crippen molar-refractivity contribution in [3.8, 4) is 0 Å².